The van der Waals surface area contributed by atoms with Gasteiger partial charge in [-0.1, -0.05) is 0 Å². The number of halogens is 1. The molecule has 8 heteroatoms. The van der Waals surface area contributed by atoms with Gasteiger partial charge >= 0.3 is 204 Å². The van der Waals surface area contributed by atoms with E-state index in [1.54, 1.807) is 32.9 Å². The summed E-state index contributed by atoms with van der Waals surface area (Å²) >= 11 is -3.32. The summed E-state index contributed by atoms with van der Waals surface area (Å²) in [5.74, 6) is -1.54. The van der Waals surface area contributed by atoms with Crippen molar-refractivity contribution in [3.05, 3.63) is 52.1 Å². The first kappa shape index (κ1) is 26.6. The summed E-state index contributed by atoms with van der Waals surface area (Å²) in [6.07, 6.45) is -0.915. The second kappa shape index (κ2) is 11.5. The van der Waals surface area contributed by atoms with Crippen molar-refractivity contribution in [3.63, 3.8) is 0 Å². The van der Waals surface area contributed by atoms with Crippen LogP contribution in [0.1, 0.15) is 48.5 Å². The van der Waals surface area contributed by atoms with Gasteiger partial charge in [-0.05, 0) is 0 Å². The third-order valence-corrected chi connectivity index (χ3v) is 8.09. The zero-order chi connectivity index (χ0) is 24.8. The number of benzene rings is 2. The van der Waals surface area contributed by atoms with Gasteiger partial charge in [0.1, 0.15) is 0 Å². The van der Waals surface area contributed by atoms with Gasteiger partial charge in [0.25, 0.3) is 0 Å². The van der Waals surface area contributed by atoms with Crippen LogP contribution < -0.4 is 4.74 Å². The molecule has 7 nitrogen and oxygen atoms in total. The minimum absolute atomic E-state index is 0.210. The van der Waals surface area contributed by atoms with E-state index in [2.05, 4.69) is 0 Å². The molecule has 0 saturated heterocycles. The number of hydrogen-bond acceptors (Lipinski definition) is 7. The van der Waals surface area contributed by atoms with Crippen molar-refractivity contribution in [1.29, 1.82) is 0 Å². The van der Waals surface area contributed by atoms with Crippen LogP contribution in [0.15, 0.2) is 48.5 Å². The molecule has 0 aliphatic carbocycles. The van der Waals surface area contributed by atoms with E-state index in [9.17, 15) is 14.4 Å². The van der Waals surface area contributed by atoms with Crippen molar-refractivity contribution in [2.45, 2.75) is 60.2 Å². The third-order valence-electron chi connectivity index (χ3n) is 4.06. The van der Waals surface area contributed by atoms with E-state index in [1.165, 1.54) is 13.8 Å². The second-order valence-electron chi connectivity index (χ2n) is 8.65. The summed E-state index contributed by atoms with van der Waals surface area (Å²) in [6.45, 7) is 11.6. The Kier molecular flexibility index (Phi) is 9.27. The van der Waals surface area contributed by atoms with Gasteiger partial charge in [-0.3, -0.25) is 0 Å². The molecule has 2 rings (SSSR count). The molecular formula is C25H31IO7. The predicted molar refractivity (Wildman–Crippen MR) is 133 cm³/mol. The summed E-state index contributed by atoms with van der Waals surface area (Å²) in [5.41, 5.74) is 0.848. The van der Waals surface area contributed by atoms with Gasteiger partial charge in [-0.25, -0.2) is 0 Å². The van der Waals surface area contributed by atoms with Crippen LogP contribution in [0.25, 0.3) is 11.1 Å². The maximum absolute atomic E-state index is 12.9. The molecule has 2 aromatic rings. The summed E-state index contributed by atoms with van der Waals surface area (Å²) in [6, 6.07) is 14.7. The summed E-state index contributed by atoms with van der Waals surface area (Å²) < 4.78 is 23.3. The van der Waals surface area contributed by atoms with Gasteiger partial charge in [-0.15, -0.1) is 0 Å². The van der Waals surface area contributed by atoms with Crippen molar-refractivity contribution in [2.75, 3.05) is 0 Å². The number of carbonyl (C=O) groups excluding carboxylic acids is 3. The molecule has 0 amide bonds. The molecule has 0 saturated carbocycles. The SMILES string of the molecule is CC(=O)OI(OC(C)=O)c1c(O[C@@H](C(=O)OC(C)(C)C)C(C)C)cccc1-c1ccccc1. The fourth-order valence-electron chi connectivity index (χ4n) is 2.84. The van der Waals surface area contributed by atoms with Crippen molar-refractivity contribution in [3.8, 4) is 16.9 Å². The quantitative estimate of drug-likeness (QED) is 0.296. The van der Waals surface area contributed by atoms with Crippen molar-refractivity contribution >= 4 is 38.6 Å². The van der Waals surface area contributed by atoms with Crippen molar-refractivity contribution < 1.29 is 30.0 Å². The van der Waals surface area contributed by atoms with Crippen LogP contribution in [-0.4, -0.2) is 29.6 Å². The summed E-state index contributed by atoms with van der Waals surface area (Å²) in [5, 5.41) is 0. The number of hydrogen-bond donors (Lipinski definition) is 0. The molecule has 33 heavy (non-hydrogen) atoms. The molecule has 2 aromatic carbocycles. The Balaban J connectivity index is 2.64. The molecule has 0 fully saturated rings. The monoisotopic (exact) mass is 570 g/mol. The van der Waals surface area contributed by atoms with Crippen LogP contribution >= 0.6 is 20.6 Å². The standard InChI is InChI=1S/C25H31IO7/c1-16(2)23(24(29)31-25(5,6)7)30-21-15-11-14-20(19-12-9-8-10-13-19)22(21)26(32-17(3)27)33-18(4)28/h8-16,23H,1-7H3/t23-/m1/s1. The van der Waals surface area contributed by atoms with Crippen LogP contribution in [0.4, 0.5) is 0 Å². The summed E-state index contributed by atoms with van der Waals surface area (Å²) in [7, 11) is 0. The zero-order valence-corrected chi connectivity index (χ0v) is 22.2. The fraction of sp³-hybridized carbons (Fsp3) is 0.400. The van der Waals surface area contributed by atoms with Crippen LogP contribution in [-0.2, 0) is 25.3 Å². The van der Waals surface area contributed by atoms with E-state index in [-0.39, 0.29) is 5.92 Å². The topological polar surface area (TPSA) is 88.1 Å². The second-order valence-corrected chi connectivity index (χ2v) is 11.9. The average molecular weight is 570 g/mol. The Bertz CT molecular complexity index is 964. The molecule has 0 aromatic heterocycles. The number of carbonyl (C=O) groups is 3. The Morgan fingerprint density at radius 3 is 1.91 bits per heavy atom. The van der Waals surface area contributed by atoms with Crippen LogP contribution in [0.2, 0.25) is 0 Å². The van der Waals surface area contributed by atoms with Gasteiger partial charge in [0.2, 0.25) is 0 Å². The first-order valence-electron chi connectivity index (χ1n) is 10.5. The van der Waals surface area contributed by atoms with Gasteiger partial charge in [0.05, 0.1) is 0 Å². The number of esters is 1. The Morgan fingerprint density at radius 2 is 1.42 bits per heavy atom. The fourth-order valence-corrected chi connectivity index (χ4v) is 6.21. The van der Waals surface area contributed by atoms with Crippen LogP contribution in [0.3, 0.4) is 0 Å². The number of rotatable bonds is 8. The minimum atomic E-state index is -3.32. The van der Waals surface area contributed by atoms with Gasteiger partial charge in [0, 0.05) is 0 Å². The van der Waals surface area contributed by atoms with Crippen LogP contribution in [0.5, 0.6) is 5.75 Å². The Morgan fingerprint density at radius 1 is 0.848 bits per heavy atom. The van der Waals surface area contributed by atoms with Gasteiger partial charge < -0.3 is 0 Å². The molecule has 0 spiro atoms. The molecule has 0 heterocycles. The zero-order valence-electron chi connectivity index (χ0n) is 20.0. The third kappa shape index (κ3) is 8.03. The van der Waals surface area contributed by atoms with E-state index in [0.29, 0.717) is 14.9 Å². The molecular weight excluding hydrogens is 539 g/mol. The number of ether oxygens (including phenoxy) is 2. The van der Waals surface area contributed by atoms with Gasteiger partial charge in [-0.2, -0.15) is 0 Å². The van der Waals surface area contributed by atoms with E-state index in [1.807, 2.05) is 50.2 Å². The molecule has 0 unspecified atom stereocenters. The predicted octanol–water partition coefficient (Wildman–Crippen LogP) is 5.73. The van der Waals surface area contributed by atoms with E-state index in [4.69, 9.17) is 15.6 Å². The first-order chi connectivity index (χ1) is 15.4. The average Bonchev–Trinajstić information content (AvgIpc) is 2.69. The van der Waals surface area contributed by atoms with E-state index in [0.717, 1.165) is 5.56 Å². The van der Waals surface area contributed by atoms with E-state index >= 15 is 0 Å². The molecule has 0 aliphatic heterocycles. The van der Waals surface area contributed by atoms with Crippen molar-refractivity contribution in [1.82, 2.24) is 0 Å². The van der Waals surface area contributed by atoms with Gasteiger partial charge in [0.15, 0.2) is 0 Å². The molecule has 180 valence electrons. The van der Waals surface area contributed by atoms with Crippen molar-refractivity contribution in [2.24, 2.45) is 5.92 Å². The molecule has 0 N–H and O–H groups in total. The summed E-state index contributed by atoms with van der Waals surface area (Å²) in [4.78, 5) is 36.6. The maximum atomic E-state index is 12.9. The molecule has 0 radical (unpaired) electrons. The molecule has 0 bridgehead atoms. The Hall–Kier alpha value is -2.62. The van der Waals surface area contributed by atoms with Crippen LogP contribution in [0, 0.1) is 9.49 Å². The van der Waals surface area contributed by atoms with E-state index < -0.39 is 50.3 Å². The molecule has 1 atom stereocenters. The normalized spacial score (nSPS) is 12.5. The molecule has 0 aliphatic rings. The first-order valence-corrected chi connectivity index (χ1v) is 13.4. The Labute approximate surface area is 203 Å².